The minimum absolute atomic E-state index is 0.222. The van der Waals surface area contributed by atoms with E-state index in [0.29, 0.717) is 22.8 Å². The predicted molar refractivity (Wildman–Crippen MR) is 143 cm³/mol. The number of benzene rings is 3. The number of hydrogen-bond acceptors (Lipinski definition) is 6. The van der Waals surface area contributed by atoms with Crippen LogP contribution in [0.25, 0.3) is 0 Å². The minimum atomic E-state index is -0.450. The largest absolute Gasteiger partial charge is 0.462 e. The fourth-order valence-corrected chi connectivity index (χ4v) is 4.59. The van der Waals surface area contributed by atoms with Crippen molar-refractivity contribution in [2.45, 2.75) is 39.0 Å². The van der Waals surface area contributed by atoms with Crippen LogP contribution in [0.5, 0.6) is 0 Å². The van der Waals surface area contributed by atoms with E-state index >= 15 is 0 Å². The molecule has 0 unspecified atom stereocenters. The van der Waals surface area contributed by atoms with Gasteiger partial charge in [0.05, 0.1) is 17.9 Å². The van der Waals surface area contributed by atoms with Gasteiger partial charge in [0, 0.05) is 10.6 Å². The lowest BCUT2D eigenvalue weighted by Gasteiger charge is -2.16. The second kappa shape index (κ2) is 10.8. The van der Waals surface area contributed by atoms with E-state index < -0.39 is 17.8 Å². The summed E-state index contributed by atoms with van der Waals surface area (Å²) in [5.74, 6) is -1.30. The van der Waals surface area contributed by atoms with Gasteiger partial charge < -0.3 is 10.1 Å². The first-order valence-corrected chi connectivity index (χ1v) is 12.6. The molecule has 1 heterocycles. The molecule has 0 aliphatic carbocycles. The standard InChI is InChI=1S/C29H28N2O4S/c1-5-16-35-29(34)21-9-12-23(13-10-21)31-27(32)25(30-22-11-8-19(3)20(4)17-22)26(28(31)33)36-24-14-6-18(2)7-15-24/h6-15,17,30H,5,16H2,1-4H3. The van der Waals surface area contributed by atoms with Crippen LogP contribution >= 0.6 is 11.8 Å². The molecule has 1 aliphatic heterocycles. The topological polar surface area (TPSA) is 75.7 Å². The Morgan fingerprint density at radius 1 is 0.889 bits per heavy atom. The first-order chi connectivity index (χ1) is 17.3. The SMILES string of the molecule is CCCOC(=O)c1ccc(N2C(=O)C(Nc3ccc(C)c(C)c3)=C(Sc3ccc(C)cc3)C2=O)cc1. The molecule has 2 amide bonds. The number of esters is 1. The zero-order valence-electron chi connectivity index (χ0n) is 20.8. The molecular formula is C29H28N2O4S. The fourth-order valence-electron chi connectivity index (χ4n) is 3.66. The number of ether oxygens (including phenoxy) is 1. The summed E-state index contributed by atoms with van der Waals surface area (Å²) in [6.45, 7) is 8.27. The molecule has 7 heteroatoms. The van der Waals surface area contributed by atoms with E-state index in [9.17, 15) is 14.4 Å². The van der Waals surface area contributed by atoms with Crippen molar-refractivity contribution in [1.82, 2.24) is 0 Å². The summed E-state index contributed by atoms with van der Waals surface area (Å²) < 4.78 is 5.17. The summed E-state index contributed by atoms with van der Waals surface area (Å²) in [7, 11) is 0. The molecule has 0 spiro atoms. The third-order valence-corrected chi connectivity index (χ3v) is 6.95. The van der Waals surface area contributed by atoms with Crippen LogP contribution < -0.4 is 10.2 Å². The Hall–Kier alpha value is -3.84. The lowest BCUT2D eigenvalue weighted by atomic mass is 10.1. The molecule has 0 aromatic heterocycles. The van der Waals surface area contributed by atoms with Crippen molar-refractivity contribution in [3.8, 4) is 0 Å². The summed E-state index contributed by atoms with van der Waals surface area (Å²) in [5.41, 5.74) is 5.02. The molecule has 0 saturated heterocycles. The number of imide groups is 1. The lowest BCUT2D eigenvalue weighted by Crippen LogP contribution is -2.32. The van der Waals surface area contributed by atoms with Crippen LogP contribution in [0.15, 0.2) is 82.2 Å². The van der Waals surface area contributed by atoms with E-state index in [2.05, 4.69) is 5.32 Å². The van der Waals surface area contributed by atoms with Crippen molar-refractivity contribution in [2.75, 3.05) is 16.8 Å². The Balaban J connectivity index is 1.67. The van der Waals surface area contributed by atoms with Gasteiger partial charge in [0.1, 0.15) is 10.6 Å². The minimum Gasteiger partial charge on any atom is -0.462 e. The molecule has 0 radical (unpaired) electrons. The van der Waals surface area contributed by atoms with Crippen molar-refractivity contribution in [1.29, 1.82) is 0 Å². The molecule has 0 saturated carbocycles. The second-order valence-corrected chi connectivity index (χ2v) is 9.76. The number of anilines is 2. The Bertz CT molecular complexity index is 1340. The number of aryl methyl sites for hydroxylation is 3. The summed E-state index contributed by atoms with van der Waals surface area (Å²) in [4.78, 5) is 41.6. The first kappa shape index (κ1) is 25.3. The van der Waals surface area contributed by atoms with Gasteiger partial charge in [0.25, 0.3) is 11.8 Å². The van der Waals surface area contributed by atoms with Crippen LogP contribution in [0.1, 0.15) is 40.4 Å². The van der Waals surface area contributed by atoms with Gasteiger partial charge in [0.15, 0.2) is 0 Å². The van der Waals surface area contributed by atoms with Gasteiger partial charge in [-0.25, -0.2) is 9.69 Å². The van der Waals surface area contributed by atoms with Gasteiger partial charge in [-0.3, -0.25) is 9.59 Å². The summed E-state index contributed by atoms with van der Waals surface area (Å²) in [5, 5.41) is 3.20. The maximum atomic E-state index is 13.6. The molecule has 3 aromatic rings. The maximum absolute atomic E-state index is 13.6. The average molecular weight is 501 g/mol. The van der Waals surface area contributed by atoms with E-state index in [1.807, 2.05) is 70.2 Å². The van der Waals surface area contributed by atoms with Crippen LogP contribution in [-0.2, 0) is 14.3 Å². The quantitative estimate of drug-likeness (QED) is 0.295. The highest BCUT2D eigenvalue weighted by molar-refractivity contribution is 8.04. The van der Waals surface area contributed by atoms with Crippen molar-refractivity contribution >= 4 is 40.9 Å². The second-order valence-electron chi connectivity index (χ2n) is 8.67. The number of rotatable bonds is 8. The number of carbonyl (C=O) groups excluding carboxylic acids is 3. The molecule has 1 aliphatic rings. The van der Waals surface area contributed by atoms with Crippen molar-refractivity contribution in [2.24, 2.45) is 0 Å². The smallest absolute Gasteiger partial charge is 0.338 e. The summed E-state index contributed by atoms with van der Waals surface area (Å²) in [6, 6.07) is 19.9. The van der Waals surface area contributed by atoms with Gasteiger partial charge in [-0.15, -0.1) is 0 Å². The van der Waals surface area contributed by atoms with Gasteiger partial charge in [-0.1, -0.05) is 42.4 Å². The van der Waals surface area contributed by atoms with E-state index in [0.717, 1.165) is 38.6 Å². The van der Waals surface area contributed by atoms with Gasteiger partial charge in [0.2, 0.25) is 0 Å². The third kappa shape index (κ3) is 5.36. The summed E-state index contributed by atoms with van der Waals surface area (Å²) in [6.07, 6.45) is 0.726. The number of nitrogens with zero attached hydrogens (tertiary/aromatic N) is 1. The van der Waals surface area contributed by atoms with Crippen LogP contribution in [-0.4, -0.2) is 24.4 Å². The van der Waals surface area contributed by atoms with Crippen molar-refractivity contribution in [3.63, 3.8) is 0 Å². The number of amides is 2. The first-order valence-electron chi connectivity index (χ1n) is 11.8. The van der Waals surface area contributed by atoms with Gasteiger partial charge in [-0.05, 0) is 86.8 Å². The number of nitrogens with one attached hydrogen (secondary N) is 1. The zero-order valence-corrected chi connectivity index (χ0v) is 21.6. The highest BCUT2D eigenvalue weighted by Gasteiger charge is 2.40. The molecule has 36 heavy (non-hydrogen) atoms. The normalized spacial score (nSPS) is 13.4. The maximum Gasteiger partial charge on any atom is 0.338 e. The average Bonchev–Trinajstić information content (AvgIpc) is 3.10. The Labute approximate surface area is 215 Å². The van der Waals surface area contributed by atoms with Gasteiger partial charge >= 0.3 is 5.97 Å². The predicted octanol–water partition coefficient (Wildman–Crippen LogP) is 6.17. The van der Waals surface area contributed by atoms with Crippen molar-refractivity contribution in [3.05, 3.63) is 99.6 Å². The fraction of sp³-hybridized carbons (Fsp3) is 0.207. The molecule has 0 bridgehead atoms. The summed E-state index contributed by atoms with van der Waals surface area (Å²) >= 11 is 1.25. The molecule has 0 fully saturated rings. The zero-order chi connectivity index (χ0) is 25.8. The Morgan fingerprint density at radius 2 is 1.58 bits per heavy atom. The Morgan fingerprint density at radius 3 is 2.22 bits per heavy atom. The highest BCUT2D eigenvalue weighted by atomic mass is 32.2. The highest BCUT2D eigenvalue weighted by Crippen LogP contribution is 2.38. The third-order valence-electron chi connectivity index (χ3n) is 5.86. The van der Waals surface area contributed by atoms with Crippen LogP contribution in [0.3, 0.4) is 0 Å². The van der Waals surface area contributed by atoms with Crippen LogP contribution in [0.2, 0.25) is 0 Å². The van der Waals surface area contributed by atoms with Crippen molar-refractivity contribution < 1.29 is 19.1 Å². The number of hydrogen-bond donors (Lipinski definition) is 1. The molecule has 1 N–H and O–H groups in total. The monoisotopic (exact) mass is 500 g/mol. The van der Waals surface area contributed by atoms with E-state index in [1.165, 1.54) is 11.8 Å². The van der Waals surface area contributed by atoms with E-state index in [-0.39, 0.29) is 5.70 Å². The molecule has 4 rings (SSSR count). The molecule has 0 atom stereocenters. The van der Waals surface area contributed by atoms with E-state index in [1.54, 1.807) is 24.3 Å². The van der Waals surface area contributed by atoms with Gasteiger partial charge in [-0.2, -0.15) is 0 Å². The molecule has 3 aromatic carbocycles. The molecule has 184 valence electrons. The molecule has 6 nitrogen and oxygen atoms in total. The van der Waals surface area contributed by atoms with E-state index in [4.69, 9.17) is 4.74 Å². The number of carbonyl (C=O) groups is 3. The van der Waals surface area contributed by atoms with Crippen LogP contribution in [0.4, 0.5) is 11.4 Å². The molecular weight excluding hydrogens is 472 g/mol. The Kier molecular flexibility index (Phi) is 7.60. The van der Waals surface area contributed by atoms with Crippen LogP contribution in [0, 0.1) is 20.8 Å². The lowest BCUT2D eigenvalue weighted by molar-refractivity contribution is -0.120. The number of thioether (sulfide) groups is 1.